The van der Waals surface area contributed by atoms with Crippen LogP contribution in [0.4, 0.5) is 0 Å². The van der Waals surface area contributed by atoms with Gasteiger partial charge in [-0.3, -0.25) is 37.3 Å². The fourth-order valence-corrected chi connectivity index (χ4v) is 11.9. The summed E-state index contributed by atoms with van der Waals surface area (Å²) in [4.78, 5) is 72.4. The van der Waals surface area contributed by atoms with E-state index in [1.54, 1.807) is 0 Å². The molecule has 0 aliphatic rings. The van der Waals surface area contributed by atoms with Crippen LogP contribution in [0.25, 0.3) is 0 Å². The van der Waals surface area contributed by atoms with Gasteiger partial charge in [-0.25, -0.2) is 9.13 Å². The SMILES string of the molecule is CCCCCCCCCCCCCC(=O)OC[C@H](COP(=O)(O)OC[C@@H](O)COP(=O)(O)OC[C@@H](COC(=O)CCCCCCCCC(C)C)OC(=O)CCCCCCCCCC(C)C)OC(=O)CCCCCCCCCCCCCCCCCC(C)C. The lowest BCUT2D eigenvalue weighted by Crippen LogP contribution is -2.30. The van der Waals surface area contributed by atoms with Gasteiger partial charge >= 0.3 is 39.5 Å². The fraction of sp³-hybridized carbons (Fsp3) is 0.942. The van der Waals surface area contributed by atoms with Crippen molar-refractivity contribution in [2.45, 2.75) is 362 Å². The van der Waals surface area contributed by atoms with E-state index < -0.39 is 97.5 Å². The van der Waals surface area contributed by atoms with Gasteiger partial charge in [0.25, 0.3) is 0 Å². The number of rotatable bonds is 67. The molecule has 0 spiro atoms. The summed E-state index contributed by atoms with van der Waals surface area (Å²) in [6.45, 7) is 11.7. The van der Waals surface area contributed by atoms with E-state index in [9.17, 15) is 43.2 Å². The lowest BCUT2D eigenvalue weighted by atomic mass is 10.0. The van der Waals surface area contributed by atoms with Crippen molar-refractivity contribution in [3.63, 3.8) is 0 Å². The molecule has 0 amide bonds. The smallest absolute Gasteiger partial charge is 0.462 e. The Morgan fingerprint density at radius 3 is 0.773 bits per heavy atom. The minimum atomic E-state index is -4.95. The normalized spacial score (nSPS) is 14.2. The standard InChI is InChI=1S/C69H134O17P2/c1-8-9-10-11-12-13-19-23-28-36-43-50-66(71)79-56-64(85-68(73)52-45-38-29-24-21-18-16-14-15-17-20-22-26-33-40-47-60(2)3)58-83-87(75,76)81-54-63(70)55-82-88(77,78)84-59-65(57-80-67(72)51-44-37-32-31-35-42-49-62(6)7)86-69(74)53-46-39-30-25-27-34-41-48-61(4)5/h60-65,70H,8-59H2,1-7H3,(H,75,76)(H,77,78)/t63-,64-,65-/m1/s1. The Morgan fingerprint density at radius 1 is 0.307 bits per heavy atom. The molecule has 0 aromatic heterocycles. The van der Waals surface area contributed by atoms with Crippen LogP contribution in [0, 0.1) is 17.8 Å². The molecule has 0 aromatic rings. The van der Waals surface area contributed by atoms with E-state index in [4.69, 9.17) is 37.0 Å². The topological polar surface area (TPSA) is 237 Å². The number of unbranched alkanes of at least 4 members (excludes halogenated alkanes) is 35. The second kappa shape index (κ2) is 60.0. The number of esters is 4. The average molecular weight is 1300 g/mol. The van der Waals surface area contributed by atoms with E-state index in [0.29, 0.717) is 37.5 Å². The van der Waals surface area contributed by atoms with Crippen molar-refractivity contribution in [3.05, 3.63) is 0 Å². The molecule has 522 valence electrons. The Morgan fingerprint density at radius 2 is 0.523 bits per heavy atom. The first-order valence-electron chi connectivity index (χ1n) is 35.8. The zero-order valence-electron chi connectivity index (χ0n) is 57.2. The van der Waals surface area contributed by atoms with E-state index in [0.717, 1.165) is 102 Å². The van der Waals surface area contributed by atoms with Gasteiger partial charge in [0.15, 0.2) is 12.2 Å². The molecule has 0 heterocycles. The first kappa shape index (κ1) is 86.1. The minimum Gasteiger partial charge on any atom is -0.462 e. The van der Waals surface area contributed by atoms with Gasteiger partial charge in [0.05, 0.1) is 26.4 Å². The van der Waals surface area contributed by atoms with Gasteiger partial charge < -0.3 is 33.8 Å². The van der Waals surface area contributed by atoms with Crippen LogP contribution < -0.4 is 0 Å². The molecule has 17 nitrogen and oxygen atoms in total. The molecule has 0 aliphatic heterocycles. The lowest BCUT2D eigenvalue weighted by Gasteiger charge is -2.21. The molecule has 0 rings (SSSR count). The van der Waals surface area contributed by atoms with Crippen LogP contribution in [0.1, 0.15) is 344 Å². The number of carbonyl (C=O) groups excluding carboxylic acids is 4. The molecule has 19 heteroatoms. The summed E-state index contributed by atoms with van der Waals surface area (Å²) in [7, 11) is -9.90. The lowest BCUT2D eigenvalue weighted by molar-refractivity contribution is -0.161. The molecule has 0 radical (unpaired) electrons. The number of hydrogen-bond donors (Lipinski definition) is 3. The second-order valence-electron chi connectivity index (χ2n) is 26.3. The number of hydrogen-bond acceptors (Lipinski definition) is 15. The van der Waals surface area contributed by atoms with Crippen LogP contribution in [-0.2, 0) is 65.4 Å². The third-order valence-corrected chi connectivity index (χ3v) is 17.8. The molecule has 88 heavy (non-hydrogen) atoms. The highest BCUT2D eigenvalue weighted by Gasteiger charge is 2.30. The summed E-state index contributed by atoms with van der Waals surface area (Å²) in [6.07, 6.45) is 43.3. The number of aliphatic hydroxyl groups excluding tert-OH is 1. The van der Waals surface area contributed by atoms with Crippen molar-refractivity contribution < 1.29 is 80.2 Å². The van der Waals surface area contributed by atoms with Gasteiger partial charge in [-0.05, 0) is 43.4 Å². The molecule has 0 aromatic carbocycles. The summed E-state index contributed by atoms with van der Waals surface area (Å²) < 4.78 is 68.2. The van der Waals surface area contributed by atoms with Gasteiger partial charge in [-0.15, -0.1) is 0 Å². The molecule has 0 saturated heterocycles. The van der Waals surface area contributed by atoms with E-state index >= 15 is 0 Å². The van der Waals surface area contributed by atoms with Crippen LogP contribution >= 0.6 is 15.6 Å². The van der Waals surface area contributed by atoms with Crippen molar-refractivity contribution in [2.24, 2.45) is 17.8 Å². The van der Waals surface area contributed by atoms with E-state index in [-0.39, 0.29) is 25.7 Å². The Balaban J connectivity index is 5.20. The maximum Gasteiger partial charge on any atom is 0.472 e. The zero-order valence-corrected chi connectivity index (χ0v) is 59.0. The number of aliphatic hydroxyl groups is 1. The highest BCUT2D eigenvalue weighted by atomic mass is 31.2. The van der Waals surface area contributed by atoms with Crippen LogP contribution in [-0.4, -0.2) is 96.7 Å². The molecule has 0 saturated carbocycles. The van der Waals surface area contributed by atoms with E-state index in [1.165, 1.54) is 148 Å². The van der Waals surface area contributed by atoms with Crippen molar-refractivity contribution in [1.29, 1.82) is 0 Å². The number of carbonyl (C=O) groups is 4. The third-order valence-electron chi connectivity index (χ3n) is 15.9. The minimum absolute atomic E-state index is 0.102. The predicted octanol–water partition coefficient (Wildman–Crippen LogP) is 19.5. The predicted molar refractivity (Wildman–Crippen MR) is 354 cm³/mol. The maximum atomic E-state index is 13.0. The molecule has 0 bridgehead atoms. The molecular formula is C69H134O17P2. The van der Waals surface area contributed by atoms with Crippen LogP contribution in [0.15, 0.2) is 0 Å². The highest BCUT2D eigenvalue weighted by molar-refractivity contribution is 7.47. The largest absolute Gasteiger partial charge is 0.472 e. The van der Waals surface area contributed by atoms with Gasteiger partial charge in [0.1, 0.15) is 19.3 Å². The van der Waals surface area contributed by atoms with Crippen LogP contribution in [0.2, 0.25) is 0 Å². The number of ether oxygens (including phenoxy) is 4. The fourth-order valence-electron chi connectivity index (χ4n) is 10.4. The summed E-state index contributed by atoms with van der Waals surface area (Å²) in [5.74, 6) is 0.0463. The Hall–Kier alpha value is -1.94. The maximum absolute atomic E-state index is 13.0. The first-order chi connectivity index (χ1) is 42.2. The van der Waals surface area contributed by atoms with Crippen molar-refractivity contribution in [2.75, 3.05) is 39.6 Å². The monoisotopic (exact) mass is 1300 g/mol. The molecule has 0 fully saturated rings. The molecule has 5 atom stereocenters. The Bertz CT molecular complexity index is 1730. The molecule has 2 unspecified atom stereocenters. The molecule has 0 aliphatic carbocycles. The Kier molecular flexibility index (Phi) is 58.7. The van der Waals surface area contributed by atoms with Crippen LogP contribution in [0.5, 0.6) is 0 Å². The number of phosphoric ester groups is 2. The van der Waals surface area contributed by atoms with Gasteiger partial charge in [-0.2, -0.15) is 0 Å². The van der Waals surface area contributed by atoms with Gasteiger partial charge in [-0.1, -0.05) is 292 Å². The van der Waals surface area contributed by atoms with Gasteiger partial charge in [0, 0.05) is 25.7 Å². The quantitative estimate of drug-likeness (QED) is 0.0222. The van der Waals surface area contributed by atoms with E-state index in [2.05, 4.69) is 48.5 Å². The van der Waals surface area contributed by atoms with Crippen LogP contribution in [0.3, 0.4) is 0 Å². The first-order valence-corrected chi connectivity index (χ1v) is 38.8. The third kappa shape index (κ3) is 62.8. The summed E-state index contributed by atoms with van der Waals surface area (Å²) in [6, 6.07) is 0. The number of phosphoric acid groups is 2. The second-order valence-corrected chi connectivity index (χ2v) is 29.3. The van der Waals surface area contributed by atoms with Crippen molar-refractivity contribution >= 4 is 39.5 Å². The molecule has 3 N–H and O–H groups in total. The zero-order chi connectivity index (χ0) is 65.2. The average Bonchev–Trinajstić information content (AvgIpc) is 3.69. The van der Waals surface area contributed by atoms with Gasteiger partial charge in [0.2, 0.25) is 0 Å². The van der Waals surface area contributed by atoms with Crippen molar-refractivity contribution in [3.8, 4) is 0 Å². The Labute approximate surface area is 537 Å². The van der Waals surface area contributed by atoms with E-state index in [1.807, 2.05) is 0 Å². The highest BCUT2D eigenvalue weighted by Crippen LogP contribution is 2.45. The molecular weight excluding hydrogens is 1160 g/mol. The summed E-state index contributed by atoms with van der Waals surface area (Å²) in [5.41, 5.74) is 0. The van der Waals surface area contributed by atoms with Crippen molar-refractivity contribution in [1.82, 2.24) is 0 Å². The summed E-state index contributed by atoms with van der Waals surface area (Å²) in [5, 5.41) is 10.6. The summed E-state index contributed by atoms with van der Waals surface area (Å²) >= 11 is 0.